The van der Waals surface area contributed by atoms with E-state index in [1.807, 2.05) is 19.9 Å². The lowest BCUT2D eigenvalue weighted by molar-refractivity contribution is -0.125. The second kappa shape index (κ2) is 11.9. The highest BCUT2D eigenvalue weighted by atomic mass is 16.2. The normalized spacial score (nSPS) is 25.3. The van der Waals surface area contributed by atoms with E-state index >= 15 is 0 Å². The Hall–Kier alpha value is -4.22. The van der Waals surface area contributed by atoms with Gasteiger partial charge in [0.15, 0.2) is 5.54 Å². The third kappa shape index (κ3) is 6.36. The molecule has 3 aliphatic rings. The maximum atomic E-state index is 12.1. The van der Waals surface area contributed by atoms with Crippen LogP contribution in [0.4, 0.5) is 9.59 Å². The lowest BCUT2D eigenvalue weighted by Crippen LogP contribution is -2.48. The summed E-state index contributed by atoms with van der Waals surface area (Å²) < 4.78 is 0. The maximum absolute atomic E-state index is 12.1. The zero-order valence-corrected chi connectivity index (χ0v) is 21.1. The van der Waals surface area contributed by atoms with Gasteiger partial charge in [-0.25, -0.2) is 9.59 Å². The van der Waals surface area contributed by atoms with Crippen LogP contribution < -0.4 is 21.3 Å². The highest BCUT2D eigenvalue weighted by Gasteiger charge is 2.50. The molecule has 6 amide bonds. The number of aryl methyl sites for hydroxylation is 1. The van der Waals surface area contributed by atoms with Gasteiger partial charge in [-0.05, 0) is 39.7 Å². The van der Waals surface area contributed by atoms with E-state index in [4.69, 9.17) is 0 Å². The van der Waals surface area contributed by atoms with Crippen molar-refractivity contribution in [1.82, 2.24) is 26.3 Å². The van der Waals surface area contributed by atoms with Crippen molar-refractivity contribution in [3.63, 3.8) is 0 Å². The Kier molecular flexibility index (Phi) is 9.38. The molecule has 2 fully saturated rings. The second-order valence-corrected chi connectivity index (χ2v) is 9.41. The highest BCUT2D eigenvalue weighted by molar-refractivity contribution is 6.09. The van der Waals surface area contributed by atoms with Crippen LogP contribution in [0.3, 0.4) is 0 Å². The van der Waals surface area contributed by atoms with Gasteiger partial charge in [-0.1, -0.05) is 26.5 Å². The van der Waals surface area contributed by atoms with Crippen molar-refractivity contribution >= 4 is 41.7 Å². The topological polar surface area (TPSA) is 176 Å². The van der Waals surface area contributed by atoms with Gasteiger partial charge in [0.05, 0.1) is 5.70 Å². The van der Waals surface area contributed by atoms with Gasteiger partial charge in [0.2, 0.25) is 0 Å². The Bertz CT molecular complexity index is 1210. The zero-order chi connectivity index (χ0) is 27.4. The molecule has 0 aliphatic carbocycles. The summed E-state index contributed by atoms with van der Waals surface area (Å²) in [6, 6.07) is 2.42. The number of nitrogens with zero attached hydrogens (tertiary/aromatic N) is 2. The van der Waals surface area contributed by atoms with E-state index in [0.29, 0.717) is 11.3 Å². The number of pyridine rings is 1. The minimum absolute atomic E-state index is 0. The van der Waals surface area contributed by atoms with Crippen molar-refractivity contribution in [3.05, 3.63) is 41.4 Å². The van der Waals surface area contributed by atoms with Gasteiger partial charge in [-0.15, -0.1) is 0 Å². The number of rotatable bonds is 8. The van der Waals surface area contributed by atoms with Crippen LogP contribution >= 0.6 is 0 Å². The van der Waals surface area contributed by atoms with E-state index in [1.54, 1.807) is 24.5 Å². The molecule has 0 spiro atoms. The number of carbonyl (C=O) groups excluding carboxylic acids is 6. The molecule has 4 N–H and O–H groups in total. The molecule has 12 nitrogen and oxygen atoms in total. The molecule has 3 aliphatic heterocycles. The first-order valence-corrected chi connectivity index (χ1v) is 11.8. The molecule has 2 saturated heterocycles. The van der Waals surface area contributed by atoms with Gasteiger partial charge in [-0.3, -0.25) is 30.2 Å². The molecule has 4 rings (SSSR count). The summed E-state index contributed by atoms with van der Waals surface area (Å²) in [5.74, 6) is -0.817. The Morgan fingerprint density at radius 3 is 1.82 bits per heavy atom. The summed E-state index contributed by atoms with van der Waals surface area (Å²) in [6.45, 7) is 6.68. The van der Waals surface area contributed by atoms with Crippen molar-refractivity contribution in [2.75, 3.05) is 0 Å². The summed E-state index contributed by atoms with van der Waals surface area (Å²) in [7, 11) is 0. The average molecular weight is 527 g/mol. The van der Waals surface area contributed by atoms with E-state index in [0.717, 1.165) is 5.69 Å². The van der Waals surface area contributed by atoms with E-state index in [1.165, 1.54) is 13.8 Å². The van der Waals surface area contributed by atoms with Gasteiger partial charge in [0.1, 0.15) is 17.1 Å². The summed E-state index contributed by atoms with van der Waals surface area (Å²) >= 11 is 0. The molecule has 1 aromatic rings. The van der Waals surface area contributed by atoms with Crippen LogP contribution in [-0.2, 0) is 24.7 Å². The maximum Gasteiger partial charge on any atom is 0.322 e. The number of imide groups is 2. The largest absolute Gasteiger partial charge is 0.322 e. The van der Waals surface area contributed by atoms with Crippen molar-refractivity contribution < 1.29 is 28.8 Å². The number of nitrogens with one attached hydrogen (secondary N) is 4. The monoisotopic (exact) mass is 526 g/mol. The first-order valence-electron chi connectivity index (χ1n) is 11.8. The predicted octanol–water partition coefficient (Wildman–Crippen LogP) is 1.97. The molecular weight excluding hydrogens is 492 g/mol. The number of hydrogen-bond acceptors (Lipinski definition) is 8. The molecule has 4 heterocycles. The summed E-state index contributed by atoms with van der Waals surface area (Å²) in [5.41, 5.74) is -0.467. The van der Waals surface area contributed by atoms with Crippen molar-refractivity contribution in [3.8, 4) is 0 Å². The summed E-state index contributed by atoms with van der Waals surface area (Å²) in [4.78, 5) is 77.4. The number of ketones is 2. The molecule has 204 valence electrons. The van der Waals surface area contributed by atoms with Crippen LogP contribution in [-0.4, -0.2) is 52.2 Å². The van der Waals surface area contributed by atoms with Crippen LogP contribution in [0.2, 0.25) is 0 Å². The van der Waals surface area contributed by atoms with E-state index in [9.17, 15) is 28.8 Å². The lowest BCUT2D eigenvalue weighted by atomic mass is 9.85. The Labute approximate surface area is 221 Å². The molecule has 0 aromatic carbocycles. The van der Waals surface area contributed by atoms with Gasteiger partial charge < -0.3 is 20.2 Å². The molecule has 0 radical (unpaired) electrons. The van der Waals surface area contributed by atoms with E-state index in [-0.39, 0.29) is 50.6 Å². The number of allylic oxidation sites excluding steroid dienone is 1. The number of urea groups is 2. The molecule has 38 heavy (non-hydrogen) atoms. The van der Waals surface area contributed by atoms with Gasteiger partial charge in [0.25, 0.3) is 11.8 Å². The van der Waals surface area contributed by atoms with Gasteiger partial charge in [0, 0.05) is 42.4 Å². The SMILES string of the molecule is C.CC(=O)CCC1(C2=CC(C)C=N2)NC(=O)NC1=O.CC(=O)CCC1(c2ccc(C)nc2)NC(=O)NC1=O. The minimum atomic E-state index is -1.19. The summed E-state index contributed by atoms with van der Waals surface area (Å²) in [6.07, 6.45) is 5.98. The Morgan fingerprint density at radius 1 is 0.895 bits per heavy atom. The Morgan fingerprint density at radius 2 is 1.42 bits per heavy atom. The number of hydrogen-bond donors (Lipinski definition) is 4. The van der Waals surface area contributed by atoms with Crippen LogP contribution in [0.15, 0.2) is 35.1 Å². The third-order valence-electron chi connectivity index (χ3n) is 6.30. The van der Waals surface area contributed by atoms with Crippen LogP contribution in [0.5, 0.6) is 0 Å². The van der Waals surface area contributed by atoms with E-state index in [2.05, 4.69) is 31.2 Å². The fourth-order valence-corrected chi connectivity index (χ4v) is 4.22. The number of aromatic nitrogens is 1. The van der Waals surface area contributed by atoms with Crippen molar-refractivity contribution in [2.45, 2.75) is 71.9 Å². The highest BCUT2D eigenvalue weighted by Crippen LogP contribution is 2.31. The van der Waals surface area contributed by atoms with Crippen LogP contribution in [0.1, 0.15) is 65.1 Å². The predicted molar refractivity (Wildman–Crippen MR) is 139 cm³/mol. The zero-order valence-electron chi connectivity index (χ0n) is 21.1. The molecule has 12 heteroatoms. The lowest BCUT2D eigenvalue weighted by Gasteiger charge is -2.25. The molecule has 0 saturated carbocycles. The van der Waals surface area contributed by atoms with Crippen molar-refractivity contribution in [1.29, 1.82) is 0 Å². The van der Waals surface area contributed by atoms with Crippen molar-refractivity contribution in [2.24, 2.45) is 10.9 Å². The fourth-order valence-electron chi connectivity index (χ4n) is 4.22. The molecule has 3 atom stereocenters. The third-order valence-corrected chi connectivity index (χ3v) is 6.30. The quantitative estimate of drug-likeness (QED) is 0.374. The second-order valence-electron chi connectivity index (χ2n) is 9.41. The smallest absolute Gasteiger partial charge is 0.319 e. The average Bonchev–Trinajstić information content (AvgIpc) is 3.47. The first-order chi connectivity index (χ1) is 17.4. The Balaban J connectivity index is 0.000000260. The number of Topliss-reactive ketones (excluding diaryl/α,β-unsaturated/α-hetero) is 2. The number of aliphatic imine (C=N–C) groups is 1. The molecule has 1 aromatic heterocycles. The van der Waals surface area contributed by atoms with Gasteiger partial charge in [-0.2, -0.15) is 0 Å². The van der Waals surface area contributed by atoms with Gasteiger partial charge >= 0.3 is 12.1 Å². The fraction of sp³-hybridized carbons (Fsp3) is 0.462. The van der Waals surface area contributed by atoms with Crippen LogP contribution in [0.25, 0.3) is 0 Å². The number of amides is 6. The molecule has 3 unspecified atom stereocenters. The molecular formula is C26H34N6O6. The first kappa shape index (κ1) is 30.0. The minimum Gasteiger partial charge on any atom is -0.319 e. The van der Waals surface area contributed by atoms with Crippen LogP contribution in [0, 0.1) is 12.8 Å². The molecule has 0 bridgehead atoms. The number of carbonyl (C=O) groups is 6. The van der Waals surface area contributed by atoms with E-state index < -0.39 is 35.0 Å². The standard InChI is InChI=1S/C13H15N3O3.C12H15N3O3.CH4/c1-8-3-4-10(7-14-8)13(6-5-9(2)17)11(18)15-12(19)16-13;1-7-5-9(13-6-7)12(4-3-8(2)16)10(17)14-11(18)15-12;/h3-4,7H,5-6H2,1-2H3,(H2,15,16,18,19);5-7H,3-4H2,1-2H3,(H2,14,15,17,18);1H4. The summed E-state index contributed by atoms with van der Waals surface area (Å²) in [5, 5.41) is 9.64.